The van der Waals surface area contributed by atoms with Gasteiger partial charge in [0.1, 0.15) is 5.82 Å². The largest absolute Gasteiger partial charge is 0.367 e. The molecule has 4 rings (SSSR count). The number of carbonyl (C=O) groups excluding carboxylic acids is 1. The lowest BCUT2D eigenvalue weighted by atomic mass is 9.99. The fourth-order valence-electron chi connectivity index (χ4n) is 3.79. The molecule has 0 spiro atoms. The van der Waals surface area contributed by atoms with Crippen LogP contribution in [0.1, 0.15) is 43.7 Å². The normalized spacial score (nSPS) is 17.2. The molecule has 0 unspecified atom stereocenters. The van der Waals surface area contributed by atoms with Crippen molar-refractivity contribution in [3.05, 3.63) is 57.3 Å². The van der Waals surface area contributed by atoms with Crippen molar-refractivity contribution in [3.63, 3.8) is 0 Å². The molecule has 6 heteroatoms. The van der Waals surface area contributed by atoms with Gasteiger partial charge in [0, 0.05) is 25.2 Å². The van der Waals surface area contributed by atoms with Gasteiger partial charge >= 0.3 is 0 Å². The van der Waals surface area contributed by atoms with E-state index < -0.39 is 0 Å². The van der Waals surface area contributed by atoms with E-state index in [1.807, 2.05) is 6.07 Å². The molecule has 0 aromatic heterocycles. The van der Waals surface area contributed by atoms with Crippen LogP contribution in [0.15, 0.2) is 30.3 Å². The predicted octanol–water partition coefficient (Wildman–Crippen LogP) is 6.21. The third-order valence-electron chi connectivity index (χ3n) is 5.73. The van der Waals surface area contributed by atoms with Crippen LogP contribution >= 0.6 is 23.2 Å². The molecule has 28 heavy (non-hydrogen) atoms. The Morgan fingerprint density at radius 2 is 1.96 bits per heavy atom. The van der Waals surface area contributed by atoms with Crippen LogP contribution in [0, 0.1) is 11.2 Å². The third-order valence-corrected chi connectivity index (χ3v) is 6.45. The van der Waals surface area contributed by atoms with Crippen LogP contribution < -0.4 is 10.2 Å². The third kappa shape index (κ3) is 4.13. The minimum atomic E-state index is -0.241. The van der Waals surface area contributed by atoms with Gasteiger partial charge in [0.05, 0.1) is 15.7 Å². The van der Waals surface area contributed by atoms with Crippen LogP contribution in [0.2, 0.25) is 10.0 Å². The number of carbonyl (C=O) groups is 1. The van der Waals surface area contributed by atoms with Crippen molar-refractivity contribution in [1.29, 1.82) is 0 Å². The molecule has 1 aliphatic heterocycles. The molecule has 1 aliphatic carbocycles. The minimum Gasteiger partial charge on any atom is -0.367 e. The number of benzene rings is 2. The van der Waals surface area contributed by atoms with E-state index in [9.17, 15) is 9.18 Å². The zero-order valence-electron chi connectivity index (χ0n) is 15.8. The standard InChI is InChI=1S/C22H23Cl2FN2O/c1-22(8-9-22)12-19(28)26-21-17(23)11-18-16(20(21)24)3-2-10-27(18)13-14-4-6-15(25)7-5-14/h4-7,11H,2-3,8-10,12-13H2,1H3,(H,26,28). The van der Waals surface area contributed by atoms with E-state index in [4.69, 9.17) is 23.2 Å². The Morgan fingerprint density at radius 3 is 2.64 bits per heavy atom. The van der Waals surface area contributed by atoms with E-state index in [1.165, 1.54) is 12.1 Å². The van der Waals surface area contributed by atoms with Crippen LogP contribution in [0.4, 0.5) is 15.8 Å². The Kier molecular flexibility index (Phi) is 5.28. The van der Waals surface area contributed by atoms with E-state index >= 15 is 0 Å². The zero-order chi connectivity index (χ0) is 19.9. The molecule has 1 heterocycles. The molecule has 0 atom stereocenters. The van der Waals surface area contributed by atoms with Gasteiger partial charge in [-0.05, 0) is 60.4 Å². The van der Waals surface area contributed by atoms with Crippen LogP contribution in [0.25, 0.3) is 0 Å². The van der Waals surface area contributed by atoms with Crippen molar-refractivity contribution in [1.82, 2.24) is 0 Å². The van der Waals surface area contributed by atoms with E-state index in [-0.39, 0.29) is 17.1 Å². The number of rotatable bonds is 5. The molecular formula is C22H23Cl2FN2O. The van der Waals surface area contributed by atoms with Crippen LogP contribution in [0.5, 0.6) is 0 Å². The molecule has 1 amide bonds. The Bertz CT molecular complexity index is 910. The highest BCUT2D eigenvalue weighted by molar-refractivity contribution is 6.41. The monoisotopic (exact) mass is 420 g/mol. The molecule has 1 N–H and O–H groups in total. The molecule has 2 aliphatic rings. The average molecular weight is 421 g/mol. The second-order valence-electron chi connectivity index (χ2n) is 8.23. The van der Waals surface area contributed by atoms with Gasteiger partial charge in [0.15, 0.2) is 0 Å². The van der Waals surface area contributed by atoms with Crippen LogP contribution in [-0.4, -0.2) is 12.5 Å². The van der Waals surface area contributed by atoms with E-state index in [0.717, 1.165) is 49.0 Å². The first-order valence-electron chi connectivity index (χ1n) is 9.65. The van der Waals surface area contributed by atoms with Crippen molar-refractivity contribution in [2.75, 3.05) is 16.8 Å². The van der Waals surface area contributed by atoms with Crippen molar-refractivity contribution in [3.8, 4) is 0 Å². The fourth-order valence-corrected chi connectivity index (χ4v) is 4.42. The number of hydrogen-bond acceptors (Lipinski definition) is 2. The summed E-state index contributed by atoms with van der Waals surface area (Å²) < 4.78 is 13.2. The van der Waals surface area contributed by atoms with Crippen molar-refractivity contribution >= 4 is 40.5 Å². The minimum absolute atomic E-state index is 0.0391. The summed E-state index contributed by atoms with van der Waals surface area (Å²) in [7, 11) is 0. The summed E-state index contributed by atoms with van der Waals surface area (Å²) in [5.41, 5.74) is 3.66. The maximum Gasteiger partial charge on any atom is 0.224 e. The first-order valence-corrected chi connectivity index (χ1v) is 10.4. The topological polar surface area (TPSA) is 32.3 Å². The smallest absolute Gasteiger partial charge is 0.224 e. The van der Waals surface area contributed by atoms with Crippen molar-refractivity contribution in [2.24, 2.45) is 5.41 Å². The summed E-state index contributed by atoms with van der Waals surface area (Å²) in [6.07, 6.45) is 4.47. The van der Waals surface area contributed by atoms with Crippen molar-refractivity contribution in [2.45, 2.75) is 45.6 Å². The summed E-state index contributed by atoms with van der Waals surface area (Å²) in [5, 5.41) is 3.91. The summed E-state index contributed by atoms with van der Waals surface area (Å²) in [4.78, 5) is 14.6. The molecule has 0 bridgehead atoms. The summed E-state index contributed by atoms with van der Waals surface area (Å²) in [5.74, 6) is -0.281. The molecule has 2 aromatic carbocycles. The maximum absolute atomic E-state index is 13.2. The number of halogens is 3. The van der Waals surface area contributed by atoms with Gasteiger partial charge in [0.2, 0.25) is 5.91 Å². The van der Waals surface area contributed by atoms with E-state index in [2.05, 4.69) is 17.1 Å². The Labute approximate surface area is 174 Å². The number of hydrogen-bond donors (Lipinski definition) is 1. The molecular weight excluding hydrogens is 398 g/mol. The van der Waals surface area contributed by atoms with E-state index in [0.29, 0.717) is 28.7 Å². The summed E-state index contributed by atoms with van der Waals surface area (Å²) >= 11 is 13.2. The lowest BCUT2D eigenvalue weighted by molar-refractivity contribution is -0.117. The highest BCUT2D eigenvalue weighted by Crippen LogP contribution is 2.49. The molecule has 2 aromatic rings. The Morgan fingerprint density at radius 1 is 1.25 bits per heavy atom. The highest BCUT2D eigenvalue weighted by Gasteiger charge is 2.39. The molecule has 1 saturated carbocycles. The number of nitrogens with one attached hydrogen (secondary N) is 1. The van der Waals surface area contributed by atoms with Gasteiger partial charge in [-0.3, -0.25) is 4.79 Å². The lowest BCUT2D eigenvalue weighted by Crippen LogP contribution is -2.29. The van der Waals surface area contributed by atoms with E-state index in [1.54, 1.807) is 12.1 Å². The van der Waals surface area contributed by atoms with Gasteiger partial charge in [-0.25, -0.2) is 4.39 Å². The van der Waals surface area contributed by atoms with Gasteiger partial charge in [-0.2, -0.15) is 0 Å². The van der Waals surface area contributed by atoms with Gasteiger partial charge in [-0.1, -0.05) is 42.3 Å². The van der Waals surface area contributed by atoms with Gasteiger partial charge < -0.3 is 10.2 Å². The van der Waals surface area contributed by atoms with Crippen molar-refractivity contribution < 1.29 is 9.18 Å². The maximum atomic E-state index is 13.2. The SMILES string of the molecule is CC1(CC(=O)Nc2c(Cl)cc3c(c2Cl)CCCN3Cc2ccc(F)cc2)CC1. The number of anilines is 2. The molecule has 0 saturated heterocycles. The highest BCUT2D eigenvalue weighted by atomic mass is 35.5. The summed E-state index contributed by atoms with van der Waals surface area (Å²) in [6, 6.07) is 8.41. The average Bonchev–Trinajstić information content (AvgIpc) is 3.38. The van der Waals surface area contributed by atoms with Gasteiger partial charge in [-0.15, -0.1) is 0 Å². The van der Waals surface area contributed by atoms with Crippen LogP contribution in [0.3, 0.4) is 0 Å². The first-order chi connectivity index (χ1) is 13.3. The molecule has 1 fully saturated rings. The van der Waals surface area contributed by atoms with Gasteiger partial charge in [0.25, 0.3) is 0 Å². The number of amides is 1. The second-order valence-corrected chi connectivity index (χ2v) is 9.02. The lowest BCUT2D eigenvalue weighted by Gasteiger charge is -2.33. The Hall–Kier alpha value is -1.78. The first kappa shape index (κ1) is 19.5. The zero-order valence-corrected chi connectivity index (χ0v) is 17.3. The predicted molar refractivity (Wildman–Crippen MR) is 113 cm³/mol. The summed E-state index contributed by atoms with van der Waals surface area (Å²) in [6.45, 7) is 3.65. The molecule has 0 radical (unpaired) electrons. The molecule has 148 valence electrons. The molecule has 3 nitrogen and oxygen atoms in total. The van der Waals surface area contributed by atoms with Crippen LogP contribution in [-0.2, 0) is 17.8 Å². The second kappa shape index (κ2) is 7.57. The Balaban J connectivity index is 1.58. The number of nitrogens with zero attached hydrogens (tertiary/aromatic N) is 1. The number of fused-ring (bicyclic) bond motifs is 1. The quantitative estimate of drug-likeness (QED) is 0.622. The fraction of sp³-hybridized carbons (Fsp3) is 0.409.